The van der Waals surface area contributed by atoms with Gasteiger partial charge in [0.2, 0.25) is 0 Å². The number of rotatable bonds is 9. The Morgan fingerprint density at radius 3 is 1.32 bits per heavy atom. The fraction of sp³-hybridized carbons (Fsp3) is 0.310. The number of nitrogens with zero attached hydrogens (tertiary/aromatic N) is 4. The molecule has 0 saturated heterocycles. The van der Waals surface area contributed by atoms with Crippen molar-refractivity contribution in [3.63, 3.8) is 0 Å². The fourth-order valence-electron chi connectivity index (χ4n) is 4.23. The van der Waals surface area contributed by atoms with Crippen LogP contribution in [0.25, 0.3) is 0 Å². The minimum atomic E-state index is -0.538. The molecule has 41 heavy (non-hydrogen) atoms. The number of phenols is 2. The van der Waals surface area contributed by atoms with E-state index in [1.807, 2.05) is 47.6 Å². The van der Waals surface area contributed by atoms with Crippen LogP contribution in [0.2, 0.25) is 0 Å². The molecule has 0 unspecified atom stereocenters. The van der Waals surface area contributed by atoms with Crippen molar-refractivity contribution >= 4 is 35.2 Å². The van der Waals surface area contributed by atoms with Gasteiger partial charge in [-0.1, -0.05) is 47.6 Å². The number of benzene rings is 3. The molecular weight excluding hydrogens is 546 g/mol. The largest absolute Gasteiger partial charge is 1.00 e. The summed E-state index contributed by atoms with van der Waals surface area (Å²) < 4.78 is 0. The quantitative estimate of drug-likeness (QED) is 0.171. The van der Waals surface area contributed by atoms with Gasteiger partial charge in [0.1, 0.15) is 11.5 Å². The van der Waals surface area contributed by atoms with Gasteiger partial charge in [0, 0.05) is 53.4 Å². The number of hydrogen-bond acceptors (Lipinski definition) is 8. The van der Waals surface area contributed by atoms with E-state index in [9.17, 15) is 30.4 Å². The Morgan fingerprint density at radius 1 is 0.659 bits per heavy atom. The van der Waals surface area contributed by atoms with E-state index >= 15 is 0 Å². The van der Waals surface area contributed by atoms with Gasteiger partial charge < -0.3 is 10.2 Å². The van der Waals surface area contributed by atoms with E-state index in [0.29, 0.717) is 11.4 Å². The van der Waals surface area contributed by atoms with Crippen LogP contribution < -0.4 is 59.1 Å². The van der Waals surface area contributed by atoms with Crippen molar-refractivity contribution < 1.29 is 79.2 Å². The van der Waals surface area contributed by atoms with Crippen molar-refractivity contribution in [3.8, 4) is 11.5 Å². The summed E-state index contributed by atoms with van der Waals surface area (Å²) in [5.41, 5.74) is 4.03. The molecule has 0 fully saturated rings. The summed E-state index contributed by atoms with van der Waals surface area (Å²) in [6.45, 7) is 12.2. The molecule has 0 aliphatic carbocycles. The molecule has 12 heteroatoms. The van der Waals surface area contributed by atoms with Crippen LogP contribution in [0, 0.1) is 20.2 Å². The number of nitro benzene ring substituents is 2. The second kappa shape index (κ2) is 15.6. The van der Waals surface area contributed by atoms with Gasteiger partial charge in [-0.15, -0.1) is 0 Å². The van der Waals surface area contributed by atoms with E-state index in [1.165, 1.54) is 48.8 Å². The molecule has 204 valence electrons. The minimum absolute atomic E-state index is 0. The molecule has 0 saturated carbocycles. The van der Waals surface area contributed by atoms with Gasteiger partial charge in [-0.25, -0.2) is 0 Å². The third kappa shape index (κ3) is 8.70. The number of hydrogen-bond donors (Lipinski definition) is 2. The molecule has 3 aromatic rings. The number of phenolic OH excluding ortho intramolecular Hbond substituents is 2. The van der Waals surface area contributed by atoms with Crippen molar-refractivity contribution in [2.75, 3.05) is 0 Å². The maximum atomic E-state index is 11.3. The molecule has 0 heterocycles. The van der Waals surface area contributed by atoms with Gasteiger partial charge in [-0.2, -0.15) is 0 Å². The summed E-state index contributed by atoms with van der Waals surface area (Å²) in [6, 6.07) is 9.51. The first-order valence-corrected chi connectivity index (χ1v) is 12.5. The molecule has 3 rings (SSSR count). The maximum absolute atomic E-state index is 11.3. The molecule has 0 aliphatic rings. The third-order valence-corrected chi connectivity index (χ3v) is 6.30. The molecule has 0 atom stereocenters. The van der Waals surface area contributed by atoms with Crippen molar-refractivity contribution in [3.05, 3.63) is 90.5 Å². The zero-order valence-electron chi connectivity index (χ0n) is 24.7. The maximum Gasteiger partial charge on any atom is 1.00 e. The SMILES string of the molecule is CC(C)c1cc(C(C)C)c(N=Cc2cc([N+](=O)[O-])ccc2O)c(C(C)C)c1N=Cc1cc([N+](=O)[O-])ccc1O.[Na+].[Na+]. The third-order valence-electron chi connectivity index (χ3n) is 6.30. The van der Waals surface area contributed by atoms with Crippen LogP contribution in [0.3, 0.4) is 0 Å². The van der Waals surface area contributed by atoms with Crippen LogP contribution >= 0.6 is 0 Å². The molecule has 0 aliphatic heterocycles. The van der Waals surface area contributed by atoms with Crippen LogP contribution in [0.1, 0.15) is 87.1 Å². The molecule has 0 spiro atoms. The van der Waals surface area contributed by atoms with Gasteiger partial charge in [-0.05, 0) is 41.0 Å². The predicted octanol–water partition coefficient (Wildman–Crippen LogP) is 1.79. The Hall–Kier alpha value is -2.60. The van der Waals surface area contributed by atoms with E-state index in [0.717, 1.165) is 16.7 Å². The van der Waals surface area contributed by atoms with Gasteiger partial charge in [-0.3, -0.25) is 30.2 Å². The standard InChI is InChI=1S/C29H32N4O6.2Na/c1-16(2)23-13-24(17(3)4)29(31-15-20-12-22(33(38)39)8-10-26(20)35)27(18(5)6)28(23)30-14-19-11-21(32(36)37)7-9-25(19)34;;/h7-18,34-35H,1-6H3;;/q;2*+1. The number of aromatic hydroxyl groups is 2. The molecule has 0 radical (unpaired) electrons. The van der Waals surface area contributed by atoms with Crippen LogP contribution in [0.4, 0.5) is 22.7 Å². The number of non-ortho nitro benzene ring substituents is 2. The average molecular weight is 579 g/mol. The summed E-state index contributed by atoms with van der Waals surface area (Å²) in [7, 11) is 0. The monoisotopic (exact) mass is 578 g/mol. The van der Waals surface area contributed by atoms with Crippen molar-refractivity contribution in [2.24, 2.45) is 9.98 Å². The van der Waals surface area contributed by atoms with E-state index in [1.54, 1.807) is 0 Å². The second-order valence-electron chi connectivity index (χ2n) is 10.1. The van der Waals surface area contributed by atoms with E-state index in [2.05, 4.69) is 0 Å². The molecule has 3 aromatic carbocycles. The van der Waals surface area contributed by atoms with Gasteiger partial charge in [0.15, 0.2) is 0 Å². The zero-order chi connectivity index (χ0) is 29.0. The summed E-state index contributed by atoms with van der Waals surface area (Å²) in [6.07, 6.45) is 2.81. The van der Waals surface area contributed by atoms with Crippen molar-refractivity contribution in [1.29, 1.82) is 0 Å². The zero-order valence-corrected chi connectivity index (χ0v) is 28.7. The first-order valence-electron chi connectivity index (χ1n) is 12.5. The Bertz CT molecular complexity index is 1380. The minimum Gasteiger partial charge on any atom is -0.507 e. The Balaban J connectivity index is 0.00000420. The average Bonchev–Trinajstić information content (AvgIpc) is 2.86. The summed E-state index contributed by atoms with van der Waals surface area (Å²) in [5.74, 6) is -0.188. The topological polar surface area (TPSA) is 151 Å². The van der Waals surface area contributed by atoms with Crippen LogP contribution in [-0.4, -0.2) is 32.5 Å². The summed E-state index contributed by atoms with van der Waals surface area (Å²) in [5, 5.41) is 43.1. The number of aliphatic imine (C=N–C) groups is 2. The first-order chi connectivity index (χ1) is 18.3. The Labute approximate surface area is 283 Å². The molecule has 0 aromatic heterocycles. The first kappa shape index (κ1) is 36.4. The van der Waals surface area contributed by atoms with E-state index in [-0.39, 0.29) is 111 Å². The van der Waals surface area contributed by atoms with Crippen molar-refractivity contribution in [2.45, 2.75) is 59.3 Å². The fourth-order valence-corrected chi connectivity index (χ4v) is 4.23. The van der Waals surface area contributed by atoms with E-state index < -0.39 is 9.85 Å². The van der Waals surface area contributed by atoms with Gasteiger partial charge in [0.25, 0.3) is 11.4 Å². The van der Waals surface area contributed by atoms with Crippen molar-refractivity contribution in [1.82, 2.24) is 0 Å². The van der Waals surface area contributed by atoms with Gasteiger partial charge >= 0.3 is 59.1 Å². The van der Waals surface area contributed by atoms with E-state index in [4.69, 9.17) is 9.98 Å². The smallest absolute Gasteiger partial charge is 0.507 e. The summed E-state index contributed by atoms with van der Waals surface area (Å²) >= 11 is 0. The van der Waals surface area contributed by atoms with Crippen LogP contribution in [0.15, 0.2) is 52.4 Å². The Morgan fingerprint density at radius 2 is 1.02 bits per heavy atom. The molecule has 0 bridgehead atoms. The molecule has 2 N–H and O–H groups in total. The Kier molecular flexibility index (Phi) is 13.8. The van der Waals surface area contributed by atoms with Crippen LogP contribution in [-0.2, 0) is 0 Å². The number of nitro groups is 2. The molecule has 10 nitrogen and oxygen atoms in total. The molecular formula is C29H32N4Na2O6+2. The normalized spacial score (nSPS) is 11.3. The van der Waals surface area contributed by atoms with Crippen LogP contribution in [0.5, 0.6) is 11.5 Å². The van der Waals surface area contributed by atoms with Gasteiger partial charge in [0.05, 0.1) is 21.2 Å². The predicted molar refractivity (Wildman–Crippen MR) is 153 cm³/mol. The second-order valence-corrected chi connectivity index (χ2v) is 10.1. The molecule has 0 amide bonds. The summed E-state index contributed by atoms with van der Waals surface area (Å²) in [4.78, 5) is 30.9.